The number of aromatic nitrogens is 2. The fourth-order valence-electron chi connectivity index (χ4n) is 2.71. The number of nitrogens with zero attached hydrogens (tertiary/aromatic N) is 3. The Kier molecular flexibility index (Phi) is 3.75. The van der Waals surface area contributed by atoms with E-state index in [2.05, 4.69) is 37.5 Å². The van der Waals surface area contributed by atoms with Gasteiger partial charge < -0.3 is 14.0 Å². The van der Waals surface area contributed by atoms with Crippen molar-refractivity contribution >= 4 is 27.4 Å². The second kappa shape index (κ2) is 5.51. The summed E-state index contributed by atoms with van der Waals surface area (Å²) in [5, 5.41) is 0.817. The molecule has 0 saturated carbocycles. The highest BCUT2D eigenvalue weighted by molar-refractivity contribution is 9.08. The van der Waals surface area contributed by atoms with Crippen molar-refractivity contribution in [2.24, 2.45) is 0 Å². The number of imidazole rings is 1. The first-order chi connectivity index (χ1) is 9.33. The van der Waals surface area contributed by atoms with Crippen molar-refractivity contribution in [2.45, 2.75) is 24.3 Å². The summed E-state index contributed by atoms with van der Waals surface area (Å²) in [5.41, 5.74) is 2.24. The number of alkyl halides is 1. The molecule has 0 amide bonds. The fourth-order valence-corrected chi connectivity index (χ4v) is 3.24. The number of hydrogen-bond donors (Lipinski definition) is 0. The molecule has 0 aliphatic carbocycles. The van der Waals surface area contributed by atoms with Gasteiger partial charge in [-0.2, -0.15) is 0 Å². The lowest BCUT2D eigenvalue weighted by Crippen LogP contribution is -2.37. The van der Waals surface area contributed by atoms with E-state index in [4.69, 9.17) is 9.72 Å². The molecule has 0 radical (unpaired) electrons. The Hall–Kier alpha value is -1.07. The molecule has 0 atom stereocenters. The molecular formula is C14H18BrN3O. The molecular weight excluding hydrogens is 306 g/mol. The Morgan fingerprint density at radius 1 is 1.37 bits per heavy atom. The Morgan fingerprint density at radius 2 is 2.16 bits per heavy atom. The number of piperidine rings is 1. The number of fused-ring (bicyclic) bond motifs is 1. The topological polar surface area (TPSA) is 29.8 Å². The average Bonchev–Trinajstić information content (AvgIpc) is 2.85. The molecule has 1 aliphatic heterocycles. The number of methoxy groups -OCH3 is 1. The standard InChI is InChI=1S/C14H18BrN3O/c1-19-11-5-8-17(9-6-11)14-12(10-15)18-7-3-2-4-13(18)16-14/h2-4,7,11H,5-6,8-10H2,1H3. The van der Waals surface area contributed by atoms with Crippen LogP contribution in [0.3, 0.4) is 0 Å². The maximum atomic E-state index is 5.43. The summed E-state index contributed by atoms with van der Waals surface area (Å²) < 4.78 is 7.59. The zero-order valence-corrected chi connectivity index (χ0v) is 12.6. The summed E-state index contributed by atoms with van der Waals surface area (Å²) in [6.45, 7) is 2.03. The van der Waals surface area contributed by atoms with Gasteiger partial charge in [0.1, 0.15) is 5.65 Å². The van der Waals surface area contributed by atoms with Crippen LogP contribution in [-0.4, -0.2) is 35.7 Å². The number of halogens is 1. The molecule has 102 valence electrons. The van der Waals surface area contributed by atoms with Crippen LogP contribution in [0.25, 0.3) is 5.65 Å². The third kappa shape index (κ3) is 2.37. The third-order valence-corrected chi connectivity index (χ3v) is 4.34. The number of rotatable bonds is 3. The fraction of sp³-hybridized carbons (Fsp3) is 0.500. The highest BCUT2D eigenvalue weighted by Crippen LogP contribution is 2.27. The van der Waals surface area contributed by atoms with E-state index >= 15 is 0 Å². The summed E-state index contributed by atoms with van der Waals surface area (Å²) in [4.78, 5) is 7.15. The first kappa shape index (κ1) is 12.9. The van der Waals surface area contributed by atoms with Gasteiger partial charge in [-0.25, -0.2) is 4.98 Å². The van der Waals surface area contributed by atoms with Gasteiger partial charge in [-0.15, -0.1) is 0 Å². The Balaban J connectivity index is 1.92. The van der Waals surface area contributed by atoms with Gasteiger partial charge >= 0.3 is 0 Å². The second-order valence-corrected chi connectivity index (χ2v) is 5.43. The Morgan fingerprint density at radius 3 is 2.84 bits per heavy atom. The zero-order valence-electron chi connectivity index (χ0n) is 11.1. The maximum Gasteiger partial charge on any atom is 0.152 e. The summed E-state index contributed by atoms with van der Waals surface area (Å²) in [7, 11) is 1.80. The van der Waals surface area contributed by atoms with E-state index < -0.39 is 0 Å². The van der Waals surface area contributed by atoms with Crippen molar-refractivity contribution in [3.8, 4) is 0 Å². The van der Waals surface area contributed by atoms with Gasteiger partial charge in [0, 0.05) is 31.7 Å². The molecule has 0 N–H and O–H groups in total. The summed E-state index contributed by atoms with van der Waals surface area (Å²) in [6, 6.07) is 6.13. The summed E-state index contributed by atoms with van der Waals surface area (Å²) in [5.74, 6) is 1.11. The molecule has 0 unspecified atom stereocenters. The van der Waals surface area contributed by atoms with Crippen molar-refractivity contribution in [1.29, 1.82) is 0 Å². The van der Waals surface area contributed by atoms with E-state index in [1.165, 1.54) is 5.69 Å². The summed E-state index contributed by atoms with van der Waals surface area (Å²) in [6.07, 6.45) is 4.63. The molecule has 1 fully saturated rings. The van der Waals surface area contributed by atoms with Gasteiger partial charge in [-0.1, -0.05) is 22.0 Å². The lowest BCUT2D eigenvalue weighted by Gasteiger charge is -2.31. The van der Waals surface area contributed by atoms with E-state index in [1.807, 2.05) is 12.1 Å². The predicted molar refractivity (Wildman–Crippen MR) is 80.1 cm³/mol. The molecule has 2 aromatic rings. The van der Waals surface area contributed by atoms with Crippen molar-refractivity contribution in [3.63, 3.8) is 0 Å². The molecule has 0 bridgehead atoms. The minimum absolute atomic E-state index is 0.403. The first-order valence-electron chi connectivity index (χ1n) is 6.63. The van der Waals surface area contributed by atoms with Crippen LogP contribution in [-0.2, 0) is 10.1 Å². The normalized spacial score (nSPS) is 17.3. The largest absolute Gasteiger partial charge is 0.381 e. The minimum atomic E-state index is 0.403. The van der Waals surface area contributed by atoms with E-state index in [0.29, 0.717) is 6.10 Å². The van der Waals surface area contributed by atoms with Gasteiger partial charge in [0.25, 0.3) is 0 Å². The SMILES string of the molecule is COC1CCN(c2nc3ccccn3c2CBr)CC1. The van der Waals surface area contributed by atoms with Crippen LogP contribution < -0.4 is 4.90 Å². The Bertz CT molecular complexity index is 561. The molecule has 0 aromatic carbocycles. The van der Waals surface area contributed by atoms with Gasteiger partial charge in [-0.05, 0) is 25.0 Å². The van der Waals surface area contributed by atoms with Crippen LogP contribution in [0.5, 0.6) is 0 Å². The monoisotopic (exact) mass is 323 g/mol. The smallest absolute Gasteiger partial charge is 0.152 e. The molecule has 0 spiro atoms. The lowest BCUT2D eigenvalue weighted by molar-refractivity contribution is 0.0818. The molecule has 3 rings (SSSR count). The number of ether oxygens (including phenoxy) is 1. The molecule has 2 aromatic heterocycles. The van der Waals surface area contributed by atoms with Gasteiger partial charge in [0.05, 0.1) is 11.8 Å². The van der Waals surface area contributed by atoms with Crippen molar-refractivity contribution in [2.75, 3.05) is 25.1 Å². The number of pyridine rings is 1. The Labute approximate surface area is 121 Å². The van der Waals surface area contributed by atoms with Crippen molar-refractivity contribution in [1.82, 2.24) is 9.38 Å². The van der Waals surface area contributed by atoms with E-state index in [-0.39, 0.29) is 0 Å². The van der Waals surface area contributed by atoms with Crippen LogP contribution in [0.2, 0.25) is 0 Å². The van der Waals surface area contributed by atoms with Crippen LogP contribution in [0.1, 0.15) is 18.5 Å². The molecule has 5 heteroatoms. The molecule has 4 nitrogen and oxygen atoms in total. The summed E-state index contributed by atoms with van der Waals surface area (Å²) >= 11 is 3.59. The second-order valence-electron chi connectivity index (χ2n) is 4.87. The van der Waals surface area contributed by atoms with Crippen LogP contribution in [0, 0.1) is 0 Å². The van der Waals surface area contributed by atoms with Crippen LogP contribution in [0.15, 0.2) is 24.4 Å². The quantitative estimate of drug-likeness (QED) is 0.813. The highest BCUT2D eigenvalue weighted by Gasteiger charge is 2.23. The molecule has 19 heavy (non-hydrogen) atoms. The number of hydrogen-bond acceptors (Lipinski definition) is 3. The van der Waals surface area contributed by atoms with Gasteiger partial charge in [0.2, 0.25) is 0 Å². The first-order valence-corrected chi connectivity index (χ1v) is 7.75. The van der Waals surface area contributed by atoms with Crippen molar-refractivity contribution < 1.29 is 4.74 Å². The minimum Gasteiger partial charge on any atom is -0.381 e. The predicted octanol–water partition coefficient (Wildman–Crippen LogP) is 2.84. The van der Waals surface area contributed by atoms with Crippen LogP contribution in [0.4, 0.5) is 5.82 Å². The van der Waals surface area contributed by atoms with Crippen molar-refractivity contribution in [3.05, 3.63) is 30.1 Å². The average molecular weight is 324 g/mol. The van der Waals surface area contributed by atoms with Gasteiger partial charge in [-0.3, -0.25) is 0 Å². The maximum absolute atomic E-state index is 5.43. The van der Waals surface area contributed by atoms with E-state index in [0.717, 1.165) is 42.7 Å². The number of anilines is 1. The van der Waals surface area contributed by atoms with Crippen LogP contribution >= 0.6 is 15.9 Å². The third-order valence-electron chi connectivity index (χ3n) is 3.81. The highest BCUT2D eigenvalue weighted by atomic mass is 79.9. The molecule has 3 heterocycles. The van der Waals surface area contributed by atoms with E-state index in [9.17, 15) is 0 Å². The zero-order chi connectivity index (χ0) is 13.2. The van der Waals surface area contributed by atoms with E-state index in [1.54, 1.807) is 7.11 Å². The molecule has 1 saturated heterocycles. The lowest BCUT2D eigenvalue weighted by atomic mass is 10.1. The van der Waals surface area contributed by atoms with Gasteiger partial charge in [0.15, 0.2) is 5.82 Å². The molecule has 1 aliphatic rings.